The van der Waals surface area contributed by atoms with Gasteiger partial charge < -0.3 is 15.5 Å². The maximum Gasteiger partial charge on any atom is 0.257 e. The molecule has 2 unspecified atom stereocenters. The Labute approximate surface area is 176 Å². The van der Waals surface area contributed by atoms with Crippen molar-refractivity contribution in [1.82, 2.24) is 35.3 Å². The summed E-state index contributed by atoms with van der Waals surface area (Å²) in [7, 11) is 0. The van der Waals surface area contributed by atoms with Crippen molar-refractivity contribution in [3.63, 3.8) is 0 Å². The number of carbonyl (C=O) groups excluding carboxylic acids is 1. The first kappa shape index (κ1) is 19.2. The molecule has 2 N–H and O–H groups in total. The van der Waals surface area contributed by atoms with Crippen LogP contribution in [0.1, 0.15) is 24.2 Å². The van der Waals surface area contributed by atoms with Crippen LogP contribution in [-0.4, -0.2) is 61.1 Å². The molecule has 0 aliphatic carbocycles. The van der Waals surface area contributed by atoms with Crippen molar-refractivity contribution in [2.75, 3.05) is 23.3 Å². The number of piperazine rings is 1. The van der Waals surface area contributed by atoms with Gasteiger partial charge in [0.05, 0.1) is 23.1 Å². The van der Waals surface area contributed by atoms with Gasteiger partial charge in [-0.1, -0.05) is 0 Å². The minimum atomic E-state index is -0.634. The zero-order valence-corrected chi connectivity index (χ0v) is 16.9. The molecule has 0 saturated carbocycles. The van der Waals surface area contributed by atoms with Gasteiger partial charge in [0, 0.05) is 43.6 Å². The molecule has 1 amide bonds. The fraction of sp³-hybridized carbons (Fsp3) is 0.300. The van der Waals surface area contributed by atoms with Gasteiger partial charge in [-0.05, 0) is 36.4 Å². The summed E-state index contributed by atoms with van der Waals surface area (Å²) in [4.78, 5) is 24.2. The number of hydrogen-bond donors (Lipinski definition) is 2. The monoisotopic (exact) mass is 421 g/mol. The number of anilines is 2. The van der Waals surface area contributed by atoms with Crippen LogP contribution in [0.4, 0.5) is 15.8 Å². The van der Waals surface area contributed by atoms with E-state index in [9.17, 15) is 9.18 Å². The standard InChI is InChI=1S/C20H20FN9O/c1-11-8-29(9-12(2)24-11)16-4-3-14(17-18(16)23-6-5-22-17)20(31)25-13-7-15(21)19-26-27-28-30(19)10-13/h3-7,10-12,24H,8-9H2,1-2H3,(H,25,31). The Bertz CT molecular complexity index is 1280. The zero-order chi connectivity index (χ0) is 21.5. The summed E-state index contributed by atoms with van der Waals surface area (Å²) in [5, 5.41) is 16.9. The molecule has 1 saturated heterocycles. The first-order chi connectivity index (χ1) is 15.0. The third kappa shape index (κ3) is 3.52. The minimum absolute atomic E-state index is 0.0156. The molecule has 2 atom stereocenters. The SMILES string of the molecule is CC1CN(c2ccc(C(=O)Nc3cc(F)c4nnnn4c3)c3nccnc23)CC(C)N1. The lowest BCUT2D eigenvalue weighted by molar-refractivity contribution is 0.102. The highest BCUT2D eigenvalue weighted by atomic mass is 19.1. The Morgan fingerprint density at radius 3 is 2.68 bits per heavy atom. The van der Waals surface area contributed by atoms with Crippen molar-refractivity contribution < 1.29 is 9.18 Å². The molecule has 0 spiro atoms. The molecule has 0 radical (unpaired) electrons. The van der Waals surface area contributed by atoms with Gasteiger partial charge in [-0.15, -0.1) is 5.10 Å². The molecule has 10 nitrogen and oxygen atoms in total. The number of pyridine rings is 1. The largest absolute Gasteiger partial charge is 0.367 e. The second kappa shape index (κ2) is 7.51. The molecule has 4 heterocycles. The van der Waals surface area contributed by atoms with E-state index in [-0.39, 0.29) is 11.3 Å². The van der Waals surface area contributed by atoms with E-state index in [1.165, 1.54) is 16.8 Å². The molecule has 158 valence electrons. The van der Waals surface area contributed by atoms with Gasteiger partial charge in [0.1, 0.15) is 11.0 Å². The number of benzene rings is 1. The van der Waals surface area contributed by atoms with Crippen LogP contribution in [0.15, 0.2) is 36.8 Å². The summed E-state index contributed by atoms with van der Waals surface area (Å²) < 4.78 is 15.3. The van der Waals surface area contributed by atoms with Gasteiger partial charge in [-0.25, -0.2) is 4.39 Å². The van der Waals surface area contributed by atoms with Gasteiger partial charge >= 0.3 is 0 Å². The first-order valence-electron chi connectivity index (χ1n) is 9.93. The third-order valence-electron chi connectivity index (χ3n) is 5.25. The number of rotatable bonds is 3. The number of hydrogen-bond acceptors (Lipinski definition) is 8. The van der Waals surface area contributed by atoms with E-state index in [0.717, 1.165) is 18.8 Å². The lowest BCUT2D eigenvalue weighted by Gasteiger charge is -2.38. The molecule has 11 heteroatoms. The molecule has 0 bridgehead atoms. The molecular formula is C20H20FN9O. The number of nitrogens with one attached hydrogen (secondary N) is 2. The Morgan fingerprint density at radius 1 is 1.16 bits per heavy atom. The summed E-state index contributed by atoms with van der Waals surface area (Å²) in [6.07, 6.45) is 4.62. The average molecular weight is 421 g/mol. The third-order valence-corrected chi connectivity index (χ3v) is 5.25. The van der Waals surface area contributed by atoms with Gasteiger partial charge in [0.25, 0.3) is 5.91 Å². The number of halogens is 1. The van der Waals surface area contributed by atoms with Crippen LogP contribution in [0.25, 0.3) is 16.7 Å². The normalized spacial score (nSPS) is 19.1. The lowest BCUT2D eigenvalue weighted by atomic mass is 10.1. The summed E-state index contributed by atoms with van der Waals surface area (Å²) in [5.41, 5.74) is 2.63. The van der Waals surface area contributed by atoms with Crippen LogP contribution in [-0.2, 0) is 0 Å². The van der Waals surface area contributed by atoms with Crippen LogP contribution in [0.5, 0.6) is 0 Å². The Morgan fingerprint density at radius 2 is 1.90 bits per heavy atom. The van der Waals surface area contributed by atoms with Gasteiger partial charge in [0.2, 0.25) is 5.65 Å². The Hall–Kier alpha value is -3.73. The molecule has 1 aliphatic rings. The number of amides is 1. The lowest BCUT2D eigenvalue weighted by Crippen LogP contribution is -2.54. The summed E-state index contributed by atoms with van der Waals surface area (Å²) in [6.45, 7) is 5.93. The number of fused-ring (bicyclic) bond motifs is 2. The summed E-state index contributed by atoms with van der Waals surface area (Å²) in [6, 6.07) is 5.45. The van der Waals surface area contributed by atoms with Crippen molar-refractivity contribution in [2.24, 2.45) is 0 Å². The van der Waals surface area contributed by atoms with Crippen molar-refractivity contribution in [3.8, 4) is 0 Å². The minimum Gasteiger partial charge on any atom is -0.367 e. The van der Waals surface area contributed by atoms with Crippen LogP contribution >= 0.6 is 0 Å². The number of carbonyl (C=O) groups is 1. The van der Waals surface area contributed by atoms with E-state index in [4.69, 9.17) is 0 Å². The summed E-state index contributed by atoms with van der Waals surface area (Å²) >= 11 is 0. The predicted molar refractivity (Wildman–Crippen MR) is 113 cm³/mol. The van der Waals surface area contributed by atoms with Gasteiger partial charge in [-0.3, -0.25) is 14.8 Å². The molecule has 3 aromatic heterocycles. The van der Waals surface area contributed by atoms with Crippen molar-refractivity contribution in [1.29, 1.82) is 0 Å². The highest BCUT2D eigenvalue weighted by molar-refractivity contribution is 6.13. The van der Waals surface area contributed by atoms with E-state index in [1.54, 1.807) is 18.5 Å². The van der Waals surface area contributed by atoms with E-state index in [1.807, 2.05) is 6.07 Å². The van der Waals surface area contributed by atoms with Gasteiger partial charge in [0.15, 0.2) is 5.82 Å². The fourth-order valence-electron chi connectivity index (χ4n) is 4.08. The van der Waals surface area contributed by atoms with Crippen molar-refractivity contribution in [3.05, 3.63) is 48.2 Å². The molecule has 1 aromatic carbocycles. The van der Waals surface area contributed by atoms with Crippen molar-refractivity contribution >= 4 is 34.0 Å². The highest BCUT2D eigenvalue weighted by Crippen LogP contribution is 2.28. The van der Waals surface area contributed by atoms with Crippen LogP contribution in [0.3, 0.4) is 0 Å². The second-order valence-corrected chi connectivity index (χ2v) is 7.74. The van der Waals surface area contributed by atoms with Crippen LogP contribution < -0.4 is 15.5 Å². The van der Waals surface area contributed by atoms with Gasteiger partial charge in [-0.2, -0.15) is 4.52 Å². The maximum absolute atomic E-state index is 14.2. The molecule has 31 heavy (non-hydrogen) atoms. The van der Waals surface area contributed by atoms with Crippen LogP contribution in [0.2, 0.25) is 0 Å². The Kier molecular flexibility index (Phi) is 4.66. The first-order valence-corrected chi connectivity index (χ1v) is 9.93. The smallest absolute Gasteiger partial charge is 0.257 e. The van der Waals surface area contributed by atoms with E-state index >= 15 is 0 Å². The second-order valence-electron chi connectivity index (χ2n) is 7.74. The fourth-order valence-corrected chi connectivity index (χ4v) is 4.08. The quantitative estimate of drug-likeness (QED) is 0.513. The molecule has 5 rings (SSSR count). The summed E-state index contributed by atoms with van der Waals surface area (Å²) in [5.74, 6) is -1.06. The molecular weight excluding hydrogens is 401 g/mol. The topological polar surface area (TPSA) is 113 Å². The predicted octanol–water partition coefficient (Wildman–Crippen LogP) is 1.65. The van der Waals surface area contributed by atoms with Crippen molar-refractivity contribution in [2.45, 2.75) is 25.9 Å². The zero-order valence-electron chi connectivity index (χ0n) is 16.9. The average Bonchev–Trinajstić information content (AvgIpc) is 3.21. The van der Waals surface area contributed by atoms with E-state index in [2.05, 4.69) is 54.9 Å². The number of nitrogens with zero attached hydrogens (tertiary/aromatic N) is 7. The van der Waals surface area contributed by atoms with E-state index in [0.29, 0.717) is 28.7 Å². The molecule has 1 fully saturated rings. The number of tetrazole rings is 1. The molecule has 4 aromatic rings. The maximum atomic E-state index is 14.2. The Balaban J connectivity index is 1.50. The number of aromatic nitrogens is 6. The highest BCUT2D eigenvalue weighted by Gasteiger charge is 2.24. The van der Waals surface area contributed by atoms with Crippen LogP contribution in [0, 0.1) is 5.82 Å². The van der Waals surface area contributed by atoms with E-state index < -0.39 is 11.7 Å². The molecule has 1 aliphatic heterocycles.